The van der Waals surface area contributed by atoms with Gasteiger partial charge in [-0.3, -0.25) is 9.59 Å². The van der Waals surface area contributed by atoms with Gasteiger partial charge in [0, 0.05) is 48.0 Å². The minimum Gasteiger partial charge on any atom is -0.508 e. The molecule has 9 nitrogen and oxygen atoms in total. The number of carbonyl (C=O) groups excluding carboxylic acids is 2. The van der Waals surface area contributed by atoms with Gasteiger partial charge in [-0.2, -0.15) is 0 Å². The number of aromatic hydroxyl groups is 1. The van der Waals surface area contributed by atoms with Crippen LogP contribution in [0.2, 0.25) is 0 Å². The summed E-state index contributed by atoms with van der Waals surface area (Å²) in [6.45, 7) is 16.7. The van der Waals surface area contributed by atoms with Crippen molar-refractivity contribution in [2.24, 2.45) is 51.2 Å². The van der Waals surface area contributed by atoms with E-state index in [1.54, 1.807) is 12.1 Å². The zero-order chi connectivity index (χ0) is 46.4. The van der Waals surface area contributed by atoms with Crippen LogP contribution in [0.3, 0.4) is 0 Å². The average molecular weight is 892 g/mol. The van der Waals surface area contributed by atoms with Crippen molar-refractivity contribution < 1.29 is 29.6 Å². The number of anilines is 1. The quantitative estimate of drug-likeness (QED) is 0.0852. The van der Waals surface area contributed by atoms with Crippen LogP contribution in [0.4, 0.5) is 5.69 Å². The molecule has 0 amide bonds. The number of rotatable bonds is 13. The highest BCUT2D eigenvalue weighted by Gasteiger charge is 2.72. The molecule has 0 radical (unpaired) electrons. The van der Waals surface area contributed by atoms with Gasteiger partial charge in [0.15, 0.2) is 5.78 Å². The number of aliphatic hydroxyl groups excluding tert-OH is 2. The van der Waals surface area contributed by atoms with Crippen molar-refractivity contribution in [1.82, 2.24) is 10.6 Å². The fourth-order valence-electron chi connectivity index (χ4n) is 17.1. The fourth-order valence-corrected chi connectivity index (χ4v) is 17.1. The number of phenols is 1. The lowest BCUT2D eigenvalue weighted by atomic mass is 9.34. The summed E-state index contributed by atoms with van der Waals surface area (Å²) in [5.74, 6) is 1.53. The van der Waals surface area contributed by atoms with Gasteiger partial charge in [0.2, 0.25) is 0 Å². The molecule has 5 saturated carbocycles. The van der Waals surface area contributed by atoms with Crippen molar-refractivity contribution in [1.29, 1.82) is 0 Å². The van der Waals surface area contributed by atoms with Gasteiger partial charge in [-0.1, -0.05) is 84.1 Å². The molecule has 0 aromatic heterocycles. The summed E-state index contributed by atoms with van der Waals surface area (Å²) in [5, 5.41) is 41.2. The number of ketones is 2. The van der Waals surface area contributed by atoms with Gasteiger partial charge in [0.1, 0.15) is 17.6 Å². The minimum atomic E-state index is -0.688. The monoisotopic (exact) mass is 892 g/mol. The minimum absolute atomic E-state index is 0.00654. The van der Waals surface area contributed by atoms with Crippen LogP contribution in [0.5, 0.6) is 5.75 Å². The Morgan fingerprint density at radius 2 is 1.65 bits per heavy atom. The number of phenolic OH excluding ortho intramolecular Hbond substituents is 1. The zero-order valence-corrected chi connectivity index (χ0v) is 40.8. The van der Waals surface area contributed by atoms with E-state index in [9.17, 15) is 20.1 Å². The molecule has 0 spiro atoms. The van der Waals surface area contributed by atoms with E-state index in [0.29, 0.717) is 50.1 Å². The van der Waals surface area contributed by atoms with Gasteiger partial charge >= 0.3 is 0 Å². The maximum atomic E-state index is 15.2. The Hall–Kier alpha value is -3.08. The van der Waals surface area contributed by atoms with E-state index in [4.69, 9.17) is 10.5 Å². The third kappa shape index (κ3) is 7.78. The molecule has 6 fully saturated rings. The van der Waals surface area contributed by atoms with Gasteiger partial charge in [0.05, 0.1) is 17.8 Å². The van der Waals surface area contributed by atoms with Crippen LogP contribution in [0.15, 0.2) is 53.6 Å². The number of carbonyl (C=O) groups is 2. The van der Waals surface area contributed by atoms with Crippen molar-refractivity contribution >= 4 is 17.3 Å². The SMILES string of the molecule is CNCc1cc(O)cc([C@H]2C[C@@]3(C)[C@H]4CCC5=C([C@@H](C[C@@H](O)[C@H]6O[C@]6(C)[C@H]6CCC[C@@H]6c6cccc(N)c6)C6CCCCC6)C(=O)C[C@]5(C)[C@@]4(C)C[C@@H](NC[C@H](C)O)[C@H]3C(C)(C)C2=O)c1. The average Bonchev–Trinajstić information content (AvgIpc) is 3.55. The Bertz CT molecular complexity index is 2180. The normalized spacial score (nSPS) is 39.4. The molecule has 2 aromatic carbocycles. The molecule has 6 aliphatic carbocycles. The highest BCUT2D eigenvalue weighted by atomic mass is 16.6. The van der Waals surface area contributed by atoms with Crippen molar-refractivity contribution in [3.8, 4) is 5.75 Å². The first-order valence-corrected chi connectivity index (χ1v) is 25.7. The van der Waals surface area contributed by atoms with E-state index in [-0.39, 0.29) is 64.0 Å². The molecule has 0 bridgehead atoms. The first-order chi connectivity index (χ1) is 30.8. The van der Waals surface area contributed by atoms with E-state index >= 15 is 4.79 Å². The van der Waals surface area contributed by atoms with Crippen LogP contribution >= 0.6 is 0 Å². The second-order valence-corrected chi connectivity index (χ2v) is 24.0. The van der Waals surface area contributed by atoms with E-state index in [2.05, 4.69) is 76.4 Å². The number of epoxide rings is 1. The molecule has 7 N–H and O–H groups in total. The maximum absolute atomic E-state index is 15.2. The molecular formula is C56H81N3O6. The first kappa shape index (κ1) is 47.0. The summed E-state index contributed by atoms with van der Waals surface area (Å²) >= 11 is 0. The molecule has 9 rings (SSSR count). The van der Waals surface area contributed by atoms with Gasteiger partial charge in [0.25, 0.3) is 0 Å². The molecular weight excluding hydrogens is 811 g/mol. The Morgan fingerprint density at radius 3 is 2.35 bits per heavy atom. The van der Waals surface area contributed by atoms with Gasteiger partial charge in [-0.25, -0.2) is 0 Å². The van der Waals surface area contributed by atoms with Crippen LogP contribution in [0.25, 0.3) is 0 Å². The third-order valence-electron chi connectivity index (χ3n) is 19.8. The van der Waals surface area contributed by atoms with Crippen LogP contribution in [0.1, 0.15) is 167 Å². The Balaban J connectivity index is 1.07. The number of hydrogen-bond acceptors (Lipinski definition) is 9. The maximum Gasteiger partial charge on any atom is 0.160 e. The molecule has 7 aliphatic rings. The lowest BCUT2D eigenvalue weighted by Gasteiger charge is -2.70. The van der Waals surface area contributed by atoms with E-state index in [1.807, 2.05) is 20.0 Å². The highest BCUT2D eigenvalue weighted by Crippen LogP contribution is 2.75. The second kappa shape index (κ2) is 17.2. The van der Waals surface area contributed by atoms with Crippen molar-refractivity contribution in [2.45, 2.75) is 187 Å². The predicted molar refractivity (Wildman–Crippen MR) is 257 cm³/mol. The Morgan fingerprint density at radius 1 is 0.892 bits per heavy atom. The van der Waals surface area contributed by atoms with Gasteiger partial charge < -0.3 is 36.4 Å². The van der Waals surface area contributed by atoms with Crippen molar-refractivity contribution in [2.75, 3.05) is 19.3 Å². The number of nitrogens with one attached hydrogen (secondary N) is 2. The number of nitrogens with two attached hydrogens (primary N) is 1. The standard InChI is InChI=1S/C56H81N3O6/c1-32(60)30-59-44-28-55(6)47(53(4)27-41(50(64)52(2,3)49(44)53)36-22-33(31-58-8)23-38(61)25-36)21-20-43-48(46(63)29-54(43,55)5)40(34-14-10-9-11-15-34)26-45(62)51-56(7,65-51)42-19-13-18-39(42)35-16-12-17-37(57)24-35/h12,16-17,22-25,32,34,39-42,44-45,47,49,51,58-62H,9-11,13-15,18-21,26-31,57H2,1-8H3/t32-,39+,40-,41+,42-,44+,45+,47+,49-,51+,53-,54-,55-,56+/m0/s1. The summed E-state index contributed by atoms with van der Waals surface area (Å²) in [7, 11) is 1.89. The van der Waals surface area contributed by atoms with Crippen LogP contribution < -0.4 is 16.4 Å². The number of Topliss-reactive ketones (excluding diaryl/α,β-unsaturated/α-hetero) is 2. The lowest BCUT2D eigenvalue weighted by Crippen LogP contribution is -2.69. The number of benzene rings is 2. The molecule has 9 heteroatoms. The number of allylic oxidation sites excluding steroid dienone is 2. The van der Waals surface area contributed by atoms with Crippen molar-refractivity contribution in [3.63, 3.8) is 0 Å². The molecule has 356 valence electrons. The molecule has 14 atom stereocenters. The third-order valence-corrected chi connectivity index (χ3v) is 19.8. The molecule has 2 aromatic rings. The zero-order valence-electron chi connectivity index (χ0n) is 40.8. The van der Waals surface area contributed by atoms with E-state index < -0.39 is 28.6 Å². The first-order valence-electron chi connectivity index (χ1n) is 25.7. The Kier molecular flexibility index (Phi) is 12.4. The summed E-state index contributed by atoms with van der Waals surface area (Å²) in [4.78, 5) is 30.2. The van der Waals surface area contributed by atoms with Crippen LogP contribution in [-0.2, 0) is 20.9 Å². The number of nitrogen functional groups attached to an aromatic ring is 1. The number of fused-ring (bicyclic) bond motifs is 5. The Labute approximate surface area is 389 Å². The van der Waals surface area contributed by atoms with Gasteiger partial charge in [-0.05, 0) is 172 Å². The van der Waals surface area contributed by atoms with Crippen LogP contribution in [0, 0.1) is 51.2 Å². The van der Waals surface area contributed by atoms with Crippen LogP contribution in [-0.4, -0.2) is 70.4 Å². The predicted octanol–water partition coefficient (Wildman–Crippen LogP) is 9.52. The summed E-state index contributed by atoms with van der Waals surface area (Å²) in [5.41, 5.74) is 10.4. The number of hydrogen-bond donors (Lipinski definition) is 6. The number of aliphatic hydroxyl groups is 2. The molecule has 1 saturated heterocycles. The summed E-state index contributed by atoms with van der Waals surface area (Å²) < 4.78 is 6.68. The fraction of sp³-hybridized carbons (Fsp3) is 0.714. The lowest BCUT2D eigenvalue weighted by molar-refractivity contribution is -0.193. The van der Waals surface area contributed by atoms with E-state index in [0.717, 1.165) is 86.6 Å². The van der Waals surface area contributed by atoms with E-state index in [1.165, 1.54) is 17.6 Å². The second-order valence-electron chi connectivity index (χ2n) is 24.0. The number of ether oxygens (including phenoxy) is 1. The molecule has 0 unspecified atom stereocenters. The summed E-state index contributed by atoms with van der Waals surface area (Å²) in [6, 6.07) is 14.0. The summed E-state index contributed by atoms with van der Waals surface area (Å²) in [6.07, 6.45) is 11.8. The smallest absolute Gasteiger partial charge is 0.160 e. The molecule has 65 heavy (non-hydrogen) atoms. The highest BCUT2D eigenvalue weighted by molar-refractivity contribution is 6.01. The van der Waals surface area contributed by atoms with Crippen molar-refractivity contribution in [3.05, 3.63) is 70.3 Å². The topological polar surface area (TPSA) is 157 Å². The van der Waals surface area contributed by atoms with Gasteiger partial charge in [-0.15, -0.1) is 0 Å². The molecule has 1 aliphatic heterocycles. The molecule has 1 heterocycles. The largest absolute Gasteiger partial charge is 0.508 e.